The molecule has 0 saturated heterocycles. The molecule has 152 valence electrons. The Kier molecular flexibility index (Phi) is 6.43. The van der Waals surface area contributed by atoms with Crippen molar-refractivity contribution < 1.29 is 9.59 Å². The Morgan fingerprint density at radius 2 is 1.73 bits per heavy atom. The molecule has 0 atom stereocenters. The molecule has 2 aromatic carbocycles. The summed E-state index contributed by atoms with van der Waals surface area (Å²) in [6, 6.07) is 16.5. The van der Waals surface area contributed by atoms with E-state index in [0.29, 0.717) is 35.0 Å². The summed E-state index contributed by atoms with van der Waals surface area (Å²) in [6.45, 7) is 6.48. The van der Waals surface area contributed by atoms with Gasteiger partial charge >= 0.3 is 0 Å². The first-order valence-corrected chi connectivity index (χ1v) is 9.90. The molecule has 0 unspecified atom stereocenters. The third kappa shape index (κ3) is 4.47. The van der Waals surface area contributed by atoms with E-state index < -0.39 is 5.91 Å². The molecule has 0 radical (unpaired) electrons. The van der Waals surface area contributed by atoms with Crippen LogP contribution < -0.4 is 10.6 Å². The molecular weight excluding hydrogens is 376 g/mol. The highest BCUT2D eigenvalue weighted by Crippen LogP contribution is 2.30. The van der Waals surface area contributed by atoms with Crippen molar-refractivity contribution in [1.82, 2.24) is 10.6 Å². The zero-order chi connectivity index (χ0) is 21.7. The van der Waals surface area contributed by atoms with Gasteiger partial charge in [0.2, 0.25) is 0 Å². The van der Waals surface area contributed by atoms with Gasteiger partial charge in [0.1, 0.15) is 17.5 Å². The first-order chi connectivity index (χ1) is 14.4. The standard InChI is InChI=1S/C24H24N4O2/c1-15(2)12-13-26-23(29)20(14-25)21-18-10-6-7-11-19(18)22(27-21)28-24(30)17-9-5-4-8-16(17)3/h4-11,15H,12-13H2,1-3H3,(H,26,29)(H,27,28,30)/b21-20-. The Morgan fingerprint density at radius 1 is 1.07 bits per heavy atom. The van der Waals surface area contributed by atoms with Crippen molar-refractivity contribution in [3.8, 4) is 6.07 Å². The SMILES string of the molecule is Cc1ccccc1C(=O)NC1=N/C(=C(/C#N)C(=O)NCCC(C)C)c2ccccc21. The van der Waals surface area contributed by atoms with E-state index in [9.17, 15) is 14.9 Å². The van der Waals surface area contributed by atoms with Crippen LogP contribution in [0.1, 0.15) is 47.3 Å². The van der Waals surface area contributed by atoms with E-state index >= 15 is 0 Å². The smallest absolute Gasteiger partial charge is 0.264 e. The third-order valence-electron chi connectivity index (χ3n) is 4.87. The molecule has 1 aliphatic rings. The van der Waals surface area contributed by atoms with Gasteiger partial charge in [0.25, 0.3) is 11.8 Å². The van der Waals surface area contributed by atoms with Gasteiger partial charge in [0, 0.05) is 23.2 Å². The lowest BCUT2D eigenvalue weighted by molar-refractivity contribution is -0.117. The van der Waals surface area contributed by atoms with E-state index in [-0.39, 0.29) is 17.2 Å². The van der Waals surface area contributed by atoms with Crippen LogP contribution in [0.3, 0.4) is 0 Å². The first kappa shape index (κ1) is 21.0. The minimum Gasteiger partial charge on any atom is -0.351 e. The minimum absolute atomic E-state index is 0.0636. The number of hydrogen-bond acceptors (Lipinski definition) is 4. The highest BCUT2D eigenvalue weighted by molar-refractivity contribution is 6.20. The zero-order valence-electron chi connectivity index (χ0n) is 17.3. The van der Waals surface area contributed by atoms with E-state index in [0.717, 1.165) is 12.0 Å². The van der Waals surface area contributed by atoms with E-state index in [4.69, 9.17) is 0 Å². The summed E-state index contributed by atoms with van der Waals surface area (Å²) in [4.78, 5) is 29.8. The lowest BCUT2D eigenvalue weighted by Gasteiger charge is -2.08. The van der Waals surface area contributed by atoms with Crippen molar-refractivity contribution in [2.75, 3.05) is 6.54 Å². The lowest BCUT2D eigenvalue weighted by Crippen LogP contribution is -2.30. The molecule has 2 aromatic rings. The molecule has 0 spiro atoms. The predicted octanol–water partition coefficient (Wildman–Crippen LogP) is 3.58. The van der Waals surface area contributed by atoms with Crippen LogP contribution in [-0.2, 0) is 4.79 Å². The van der Waals surface area contributed by atoms with Crippen molar-refractivity contribution in [2.45, 2.75) is 27.2 Å². The lowest BCUT2D eigenvalue weighted by atomic mass is 10.0. The number of carbonyl (C=O) groups is 2. The van der Waals surface area contributed by atoms with E-state index in [1.54, 1.807) is 18.2 Å². The second-order valence-electron chi connectivity index (χ2n) is 7.55. The molecule has 0 bridgehead atoms. The Balaban J connectivity index is 1.94. The Morgan fingerprint density at radius 3 is 2.40 bits per heavy atom. The molecule has 6 nitrogen and oxygen atoms in total. The Bertz CT molecular complexity index is 1090. The van der Waals surface area contributed by atoms with Gasteiger partial charge in [-0.1, -0.05) is 56.3 Å². The Hall–Kier alpha value is -3.72. The average molecular weight is 400 g/mol. The number of carbonyl (C=O) groups excluding carboxylic acids is 2. The number of hydrogen-bond donors (Lipinski definition) is 2. The number of amides is 2. The van der Waals surface area contributed by atoms with Gasteiger partial charge in [-0.3, -0.25) is 9.59 Å². The molecule has 6 heteroatoms. The quantitative estimate of drug-likeness (QED) is 0.593. The van der Waals surface area contributed by atoms with Crippen molar-refractivity contribution in [3.63, 3.8) is 0 Å². The first-order valence-electron chi connectivity index (χ1n) is 9.90. The van der Waals surface area contributed by atoms with Crippen LogP contribution in [0.4, 0.5) is 0 Å². The number of rotatable bonds is 5. The second kappa shape index (κ2) is 9.19. The number of aryl methyl sites for hydroxylation is 1. The van der Waals surface area contributed by atoms with Gasteiger partial charge in [-0.05, 0) is 30.9 Å². The summed E-state index contributed by atoms with van der Waals surface area (Å²) in [7, 11) is 0. The van der Waals surface area contributed by atoms with Crippen LogP contribution in [0, 0.1) is 24.2 Å². The van der Waals surface area contributed by atoms with Crippen molar-refractivity contribution in [1.29, 1.82) is 5.26 Å². The van der Waals surface area contributed by atoms with E-state index in [1.807, 2.05) is 43.3 Å². The topological polar surface area (TPSA) is 94.3 Å². The number of nitriles is 1. The maximum absolute atomic E-state index is 12.8. The molecule has 1 heterocycles. The number of aliphatic imine (C=N–C) groups is 1. The second-order valence-corrected chi connectivity index (χ2v) is 7.55. The monoisotopic (exact) mass is 400 g/mol. The van der Waals surface area contributed by atoms with Crippen LogP contribution in [-0.4, -0.2) is 24.2 Å². The van der Waals surface area contributed by atoms with E-state index in [2.05, 4.69) is 29.5 Å². The molecule has 0 fully saturated rings. The van der Waals surface area contributed by atoms with Gasteiger partial charge < -0.3 is 10.6 Å². The van der Waals surface area contributed by atoms with Crippen molar-refractivity contribution in [2.24, 2.45) is 10.9 Å². The van der Waals surface area contributed by atoms with Gasteiger partial charge in [0.05, 0.1) is 5.70 Å². The summed E-state index contributed by atoms with van der Waals surface area (Å²) < 4.78 is 0. The number of nitrogens with zero attached hydrogens (tertiary/aromatic N) is 2. The van der Waals surface area contributed by atoms with Crippen molar-refractivity contribution in [3.05, 3.63) is 76.4 Å². The third-order valence-corrected chi connectivity index (χ3v) is 4.87. The molecule has 3 rings (SSSR count). The van der Waals surface area contributed by atoms with Crippen LogP contribution in [0.2, 0.25) is 0 Å². The van der Waals surface area contributed by atoms with Gasteiger partial charge in [-0.2, -0.15) is 5.26 Å². The minimum atomic E-state index is -0.460. The molecule has 0 aromatic heterocycles. The normalized spacial score (nSPS) is 13.9. The van der Waals surface area contributed by atoms with Crippen LogP contribution in [0.15, 0.2) is 59.1 Å². The number of benzene rings is 2. The number of nitrogens with one attached hydrogen (secondary N) is 2. The fourth-order valence-electron chi connectivity index (χ4n) is 3.19. The maximum Gasteiger partial charge on any atom is 0.264 e. The van der Waals surface area contributed by atoms with Gasteiger partial charge in [-0.25, -0.2) is 4.99 Å². The molecular formula is C24H24N4O2. The molecule has 30 heavy (non-hydrogen) atoms. The summed E-state index contributed by atoms with van der Waals surface area (Å²) in [5.74, 6) is 0.0227. The maximum atomic E-state index is 12.8. The fourth-order valence-corrected chi connectivity index (χ4v) is 3.19. The molecule has 0 saturated carbocycles. The van der Waals surface area contributed by atoms with E-state index in [1.165, 1.54) is 0 Å². The Labute approximate surface area is 176 Å². The molecule has 2 N–H and O–H groups in total. The summed E-state index contributed by atoms with van der Waals surface area (Å²) in [5.41, 5.74) is 2.92. The average Bonchev–Trinajstić information content (AvgIpc) is 3.07. The molecule has 0 aliphatic carbocycles. The fraction of sp³-hybridized carbons (Fsp3) is 0.250. The zero-order valence-corrected chi connectivity index (χ0v) is 17.3. The van der Waals surface area contributed by atoms with Crippen LogP contribution >= 0.6 is 0 Å². The van der Waals surface area contributed by atoms with Crippen LogP contribution in [0.5, 0.6) is 0 Å². The predicted molar refractivity (Wildman–Crippen MR) is 117 cm³/mol. The molecule has 1 aliphatic heterocycles. The van der Waals surface area contributed by atoms with Gasteiger partial charge in [-0.15, -0.1) is 0 Å². The largest absolute Gasteiger partial charge is 0.351 e. The van der Waals surface area contributed by atoms with Crippen LogP contribution in [0.25, 0.3) is 5.70 Å². The summed E-state index contributed by atoms with van der Waals surface area (Å²) in [6.07, 6.45) is 0.817. The van der Waals surface area contributed by atoms with Gasteiger partial charge in [0.15, 0.2) is 0 Å². The molecule has 2 amide bonds. The van der Waals surface area contributed by atoms with Crippen molar-refractivity contribution >= 4 is 23.3 Å². The highest BCUT2D eigenvalue weighted by atomic mass is 16.2. The summed E-state index contributed by atoms with van der Waals surface area (Å²) in [5, 5.41) is 15.3. The number of amidine groups is 1. The summed E-state index contributed by atoms with van der Waals surface area (Å²) >= 11 is 0. The highest BCUT2D eigenvalue weighted by Gasteiger charge is 2.27. The number of fused-ring (bicyclic) bond motifs is 1.